The van der Waals surface area contributed by atoms with Crippen LogP contribution in [0.1, 0.15) is 42.7 Å². The molecular weight excluding hydrogens is 470 g/mol. The second kappa shape index (κ2) is 13.4. The van der Waals surface area contributed by atoms with Crippen LogP contribution in [0.15, 0.2) is 59.6 Å². The molecule has 10 nitrogen and oxygen atoms in total. The minimum absolute atomic E-state index is 0.248. The zero-order chi connectivity index (χ0) is 25.9. The molecule has 0 radical (unpaired) electrons. The number of pyridine rings is 2. The van der Waals surface area contributed by atoms with E-state index in [0.717, 1.165) is 73.7 Å². The SMILES string of the molecule is CCc1ccccn1.Cc1nn2c(c1-c1ccccn1)COCC2.O=CN1CCC[C@H]1Cc1ncno1. The molecule has 2 aliphatic rings. The minimum Gasteiger partial charge on any atom is -0.373 e. The predicted octanol–water partition coefficient (Wildman–Crippen LogP) is 3.66. The van der Waals surface area contributed by atoms with E-state index < -0.39 is 0 Å². The molecule has 6 rings (SSSR count). The van der Waals surface area contributed by atoms with Gasteiger partial charge in [0.2, 0.25) is 12.3 Å². The highest BCUT2D eigenvalue weighted by molar-refractivity contribution is 5.64. The standard InChI is InChI=1S/C12H13N3O.C8H11N3O2.C7H9N/c1-9-12(10-4-2-3-5-13-10)11-8-16-7-6-15(11)14-9;12-6-11-3-1-2-7(11)4-8-9-5-10-13-8;1-2-7-5-3-4-6-8-7/h2-5H,6-8H2,1H3;5-7H,1-4H2;3-6H,2H2,1H3/t;7-;/m.0./s1. The number of amides is 1. The van der Waals surface area contributed by atoms with Crippen molar-refractivity contribution in [2.45, 2.75) is 58.7 Å². The lowest BCUT2D eigenvalue weighted by molar-refractivity contribution is -0.118. The number of carbonyl (C=O) groups excluding carboxylic acids is 1. The molecule has 0 spiro atoms. The molecule has 1 saturated heterocycles. The normalized spacial score (nSPS) is 16.2. The number of hydrogen-bond acceptors (Lipinski definition) is 8. The number of aryl methyl sites for hydroxylation is 2. The molecule has 4 aromatic rings. The average Bonchev–Trinajstić information content (AvgIpc) is 3.70. The number of ether oxygens (including phenoxy) is 1. The van der Waals surface area contributed by atoms with Gasteiger partial charge in [-0.1, -0.05) is 24.2 Å². The molecule has 10 heteroatoms. The molecule has 0 saturated carbocycles. The Balaban J connectivity index is 0.000000137. The van der Waals surface area contributed by atoms with E-state index in [1.54, 1.807) is 4.90 Å². The lowest BCUT2D eigenvalue weighted by atomic mass is 10.1. The lowest BCUT2D eigenvalue weighted by Gasteiger charge is -2.17. The van der Waals surface area contributed by atoms with Gasteiger partial charge in [-0.05, 0) is 50.5 Å². The Kier molecular flexibility index (Phi) is 9.47. The zero-order valence-corrected chi connectivity index (χ0v) is 21.4. The fraction of sp³-hybridized carbons (Fsp3) is 0.407. The van der Waals surface area contributed by atoms with Gasteiger partial charge in [0.25, 0.3) is 0 Å². The quantitative estimate of drug-likeness (QED) is 0.379. The third-order valence-electron chi connectivity index (χ3n) is 6.30. The monoisotopic (exact) mass is 503 g/mol. The number of fused-ring (bicyclic) bond motifs is 1. The van der Waals surface area contributed by atoms with Crippen molar-refractivity contribution in [1.29, 1.82) is 0 Å². The van der Waals surface area contributed by atoms with Gasteiger partial charge < -0.3 is 14.2 Å². The van der Waals surface area contributed by atoms with Crippen LogP contribution in [-0.4, -0.2) is 60.4 Å². The highest BCUT2D eigenvalue weighted by Gasteiger charge is 2.24. The second-order valence-electron chi connectivity index (χ2n) is 8.75. The van der Waals surface area contributed by atoms with Crippen molar-refractivity contribution < 1.29 is 14.1 Å². The third-order valence-corrected chi connectivity index (χ3v) is 6.30. The molecule has 194 valence electrons. The fourth-order valence-electron chi connectivity index (χ4n) is 4.44. The Hall–Kier alpha value is -3.92. The van der Waals surface area contributed by atoms with Crippen LogP contribution in [0.2, 0.25) is 0 Å². The summed E-state index contributed by atoms with van der Waals surface area (Å²) in [5, 5.41) is 8.05. The van der Waals surface area contributed by atoms with Crippen molar-refractivity contribution in [3.63, 3.8) is 0 Å². The molecule has 1 atom stereocenters. The topological polar surface area (TPSA) is 112 Å². The van der Waals surface area contributed by atoms with Crippen LogP contribution in [0.25, 0.3) is 11.3 Å². The Morgan fingerprint density at radius 3 is 2.57 bits per heavy atom. The summed E-state index contributed by atoms with van der Waals surface area (Å²) in [6.45, 7) is 7.19. The van der Waals surface area contributed by atoms with Crippen LogP contribution < -0.4 is 0 Å². The van der Waals surface area contributed by atoms with Gasteiger partial charge in [0.05, 0.1) is 36.8 Å². The van der Waals surface area contributed by atoms with Gasteiger partial charge >= 0.3 is 0 Å². The highest BCUT2D eigenvalue weighted by atomic mass is 16.5. The number of rotatable bonds is 5. The first-order valence-corrected chi connectivity index (χ1v) is 12.6. The van der Waals surface area contributed by atoms with Gasteiger partial charge in [0.15, 0.2) is 6.33 Å². The van der Waals surface area contributed by atoms with Gasteiger partial charge in [0.1, 0.15) is 0 Å². The molecule has 0 N–H and O–H groups in total. The molecule has 0 unspecified atom stereocenters. The van der Waals surface area contributed by atoms with E-state index in [0.29, 0.717) is 18.9 Å². The van der Waals surface area contributed by atoms with Crippen molar-refractivity contribution in [1.82, 2.24) is 34.8 Å². The summed E-state index contributed by atoms with van der Waals surface area (Å²) in [6, 6.07) is 12.1. The lowest BCUT2D eigenvalue weighted by Crippen LogP contribution is -2.29. The Labute approximate surface area is 216 Å². The number of aromatic nitrogens is 6. The molecule has 4 aromatic heterocycles. The van der Waals surface area contributed by atoms with Crippen LogP contribution in [0, 0.1) is 6.92 Å². The first-order valence-electron chi connectivity index (χ1n) is 12.6. The van der Waals surface area contributed by atoms with Crippen molar-refractivity contribution in [2.24, 2.45) is 0 Å². The average molecular weight is 504 g/mol. The Morgan fingerprint density at radius 1 is 1.08 bits per heavy atom. The molecule has 37 heavy (non-hydrogen) atoms. The summed E-state index contributed by atoms with van der Waals surface area (Å²) in [5.41, 5.74) is 5.43. The second-order valence-corrected chi connectivity index (χ2v) is 8.75. The van der Waals surface area contributed by atoms with Crippen molar-refractivity contribution in [2.75, 3.05) is 13.2 Å². The maximum atomic E-state index is 10.6. The Morgan fingerprint density at radius 2 is 1.92 bits per heavy atom. The molecule has 6 heterocycles. The van der Waals surface area contributed by atoms with Crippen LogP contribution in [0.4, 0.5) is 0 Å². The van der Waals surface area contributed by atoms with Crippen LogP contribution in [0.5, 0.6) is 0 Å². The molecule has 1 amide bonds. The summed E-state index contributed by atoms with van der Waals surface area (Å²) in [7, 11) is 0. The smallest absolute Gasteiger partial charge is 0.228 e. The summed E-state index contributed by atoms with van der Waals surface area (Å²) >= 11 is 0. The highest BCUT2D eigenvalue weighted by Crippen LogP contribution is 2.27. The van der Waals surface area contributed by atoms with Crippen molar-refractivity contribution in [3.05, 3.63) is 78.1 Å². The van der Waals surface area contributed by atoms with Crippen molar-refractivity contribution >= 4 is 6.41 Å². The molecule has 2 aliphatic heterocycles. The largest absolute Gasteiger partial charge is 0.373 e. The minimum atomic E-state index is 0.248. The summed E-state index contributed by atoms with van der Waals surface area (Å²) in [5.74, 6) is 0.610. The van der Waals surface area contributed by atoms with E-state index in [4.69, 9.17) is 9.26 Å². The van der Waals surface area contributed by atoms with Crippen LogP contribution >= 0.6 is 0 Å². The molecule has 0 aromatic carbocycles. The molecule has 0 aliphatic carbocycles. The van der Waals surface area contributed by atoms with E-state index in [9.17, 15) is 4.79 Å². The van der Waals surface area contributed by atoms with Crippen LogP contribution in [0.3, 0.4) is 0 Å². The van der Waals surface area contributed by atoms with Gasteiger partial charge in [-0.15, -0.1) is 0 Å². The van der Waals surface area contributed by atoms with E-state index in [2.05, 4.69) is 32.1 Å². The summed E-state index contributed by atoms with van der Waals surface area (Å²) in [4.78, 5) is 24.8. The number of nitrogens with zero attached hydrogens (tertiary/aromatic N) is 7. The zero-order valence-electron chi connectivity index (χ0n) is 21.4. The summed E-state index contributed by atoms with van der Waals surface area (Å²) < 4.78 is 12.4. The van der Waals surface area contributed by atoms with E-state index in [1.165, 1.54) is 6.33 Å². The van der Waals surface area contributed by atoms with Crippen molar-refractivity contribution in [3.8, 4) is 11.3 Å². The maximum Gasteiger partial charge on any atom is 0.228 e. The van der Waals surface area contributed by atoms with Crippen LogP contribution in [-0.2, 0) is 35.5 Å². The van der Waals surface area contributed by atoms with Gasteiger partial charge in [-0.25, -0.2) is 0 Å². The van der Waals surface area contributed by atoms with Gasteiger partial charge in [-0.2, -0.15) is 10.1 Å². The first kappa shape index (κ1) is 26.2. The van der Waals surface area contributed by atoms with Gasteiger partial charge in [0, 0.05) is 42.7 Å². The third kappa shape index (κ3) is 7.07. The first-order chi connectivity index (χ1) is 18.2. The van der Waals surface area contributed by atoms with E-state index in [1.807, 2.05) is 60.4 Å². The summed E-state index contributed by atoms with van der Waals surface area (Å²) in [6.07, 6.45) is 9.71. The van der Waals surface area contributed by atoms with E-state index in [-0.39, 0.29) is 6.04 Å². The van der Waals surface area contributed by atoms with E-state index >= 15 is 0 Å². The fourth-order valence-corrected chi connectivity index (χ4v) is 4.44. The maximum absolute atomic E-state index is 10.6. The molecule has 0 bridgehead atoms. The Bertz CT molecular complexity index is 1210. The van der Waals surface area contributed by atoms with Gasteiger partial charge in [-0.3, -0.25) is 19.4 Å². The number of carbonyl (C=O) groups is 1. The number of hydrogen-bond donors (Lipinski definition) is 0. The predicted molar refractivity (Wildman–Crippen MR) is 137 cm³/mol. The number of likely N-dealkylation sites (tertiary alicyclic amines) is 1. The molecule has 1 fully saturated rings. The molecular formula is C27H33N7O3.